The van der Waals surface area contributed by atoms with Crippen LogP contribution in [-0.4, -0.2) is 30.8 Å². The minimum absolute atomic E-state index is 0.0860. The van der Waals surface area contributed by atoms with Crippen LogP contribution in [0, 0.1) is 36.4 Å². The van der Waals surface area contributed by atoms with Crippen molar-refractivity contribution in [3.8, 4) is 0 Å². The van der Waals surface area contributed by atoms with Crippen LogP contribution in [0.25, 0.3) is 48.9 Å². The molecule has 0 amide bonds. The Bertz CT molecular complexity index is 2270. The van der Waals surface area contributed by atoms with E-state index in [1.165, 1.54) is 27.5 Å². The molecule has 3 heterocycles. The Balaban J connectivity index is 1.55. The molecule has 0 saturated heterocycles. The van der Waals surface area contributed by atoms with Crippen molar-refractivity contribution in [2.45, 2.75) is 86.3 Å². The van der Waals surface area contributed by atoms with Crippen molar-refractivity contribution in [1.29, 1.82) is 0 Å². The van der Waals surface area contributed by atoms with Crippen molar-refractivity contribution in [2.24, 2.45) is 16.7 Å². The number of allylic oxidation sites excluding steroid dienone is 1. The van der Waals surface area contributed by atoms with E-state index >= 15 is 4.39 Å². The summed E-state index contributed by atoms with van der Waals surface area (Å²) in [5.74, 6) is 0.0445. The molecule has 0 N–H and O–H groups in total. The van der Waals surface area contributed by atoms with E-state index in [0.29, 0.717) is 24.5 Å². The second-order valence-corrected chi connectivity index (χ2v) is 15.5. The number of rotatable bonds is 11. The normalized spacial score (nSPS) is 19.0. The van der Waals surface area contributed by atoms with Gasteiger partial charge in [-0.25, -0.2) is 8.96 Å². The van der Waals surface area contributed by atoms with Crippen molar-refractivity contribution in [2.75, 3.05) is 20.3 Å². The summed E-state index contributed by atoms with van der Waals surface area (Å²) in [7, 11) is 1.77. The molecule has 0 spiro atoms. The van der Waals surface area contributed by atoms with Crippen molar-refractivity contribution in [1.82, 2.24) is 4.40 Å². The Hall–Kier alpha value is -3.80. The van der Waals surface area contributed by atoms with Gasteiger partial charge in [0.05, 0.1) is 30.6 Å². The first-order valence-corrected chi connectivity index (χ1v) is 18.1. The monoisotopic (exact) mass is 659 g/mol. The van der Waals surface area contributed by atoms with Crippen LogP contribution in [0.15, 0.2) is 73.6 Å². The largest absolute Gasteiger partial charge is 0.382 e. The Morgan fingerprint density at radius 1 is 0.939 bits per heavy atom. The number of halogens is 1. The van der Waals surface area contributed by atoms with Crippen molar-refractivity contribution in [3.05, 3.63) is 96.1 Å². The van der Waals surface area contributed by atoms with Gasteiger partial charge in [0, 0.05) is 28.7 Å². The van der Waals surface area contributed by atoms with E-state index in [4.69, 9.17) is 9.47 Å². The van der Waals surface area contributed by atoms with Gasteiger partial charge >= 0.3 is 0 Å². The minimum atomic E-state index is -0.239. The quantitative estimate of drug-likeness (QED) is 0.0599. The van der Waals surface area contributed by atoms with Gasteiger partial charge in [0.2, 0.25) is 0 Å². The van der Waals surface area contributed by atoms with Gasteiger partial charge in [-0.2, -0.15) is 4.40 Å². The van der Waals surface area contributed by atoms with E-state index in [1.807, 2.05) is 24.3 Å². The average molecular weight is 660 g/mol. The number of ether oxygens (including phenoxy) is 2. The molecule has 2 aromatic heterocycles. The van der Waals surface area contributed by atoms with Gasteiger partial charge in [0.1, 0.15) is 29.8 Å². The Labute approximate surface area is 290 Å². The molecule has 49 heavy (non-hydrogen) atoms. The summed E-state index contributed by atoms with van der Waals surface area (Å²) in [6.07, 6.45) is 8.35. The molecule has 0 radical (unpaired) electrons. The number of benzene rings is 4. The van der Waals surface area contributed by atoms with Crippen LogP contribution >= 0.6 is 0 Å². The highest BCUT2D eigenvalue weighted by atomic mass is 19.1. The molecule has 5 atom stereocenters. The highest BCUT2D eigenvalue weighted by Crippen LogP contribution is 2.52. The van der Waals surface area contributed by atoms with Crippen LogP contribution in [0.5, 0.6) is 0 Å². The summed E-state index contributed by atoms with van der Waals surface area (Å²) >= 11 is 0. The first-order valence-electron chi connectivity index (χ1n) is 18.1. The zero-order valence-corrected chi connectivity index (χ0v) is 30.8. The fourth-order valence-electron chi connectivity index (χ4n) is 9.33. The zero-order valence-electron chi connectivity index (χ0n) is 30.8. The molecule has 0 bridgehead atoms. The number of fused-ring (bicyclic) bond motifs is 7. The highest BCUT2D eigenvalue weighted by Gasteiger charge is 2.46. The standard InChI is InChI=1S/C44H52FN2O2/c1-11-35-39(36(25-48-10)49-24-27(5)44(9,13-3)43(7,8)12-2)38-30-19-18-26(4)22-32(30)28(6)37-33-23-34(45)29-16-14-15-17-31(29)41(33)47-21-20-46(35)42(47)40(37)38/h11,14-23,27,35-36,39H,1,12-13,24-25H2,2-10H3/q+1/t27-,35?,36?,39?,44?/m1/s1. The summed E-state index contributed by atoms with van der Waals surface area (Å²) < 4.78 is 33.8. The number of aryl methyl sites for hydroxylation is 2. The Kier molecular flexibility index (Phi) is 8.39. The number of aromatic nitrogens is 2. The van der Waals surface area contributed by atoms with Crippen LogP contribution in [0.1, 0.15) is 83.0 Å². The van der Waals surface area contributed by atoms with E-state index in [9.17, 15) is 0 Å². The Morgan fingerprint density at radius 3 is 2.35 bits per heavy atom. The molecule has 1 aliphatic heterocycles. The second-order valence-electron chi connectivity index (χ2n) is 15.5. The molecule has 4 unspecified atom stereocenters. The van der Waals surface area contributed by atoms with Crippen LogP contribution < -0.4 is 4.57 Å². The summed E-state index contributed by atoms with van der Waals surface area (Å²) in [5.41, 5.74) is 6.01. The van der Waals surface area contributed by atoms with E-state index in [1.54, 1.807) is 13.2 Å². The average Bonchev–Trinajstić information content (AvgIpc) is 3.54. The van der Waals surface area contributed by atoms with E-state index in [2.05, 4.69) is 108 Å². The molecule has 256 valence electrons. The van der Waals surface area contributed by atoms with E-state index < -0.39 is 0 Å². The van der Waals surface area contributed by atoms with Gasteiger partial charge in [0.25, 0.3) is 5.65 Å². The SMILES string of the molecule is C=CC1C(C(COC)OC[C@@H](C)C(C)(CC)C(C)(C)CC)c2c3ccc(C)cc3c(C)c3c4cc(F)c5ccccc5c4n4cc[n+]1c4c23. The van der Waals surface area contributed by atoms with Crippen molar-refractivity contribution < 1.29 is 18.4 Å². The highest BCUT2D eigenvalue weighted by molar-refractivity contribution is 6.24. The molecule has 0 aliphatic carbocycles. The zero-order chi connectivity index (χ0) is 35.0. The third-order valence-electron chi connectivity index (χ3n) is 13.1. The summed E-state index contributed by atoms with van der Waals surface area (Å²) in [5, 5.41) is 7.15. The number of imidazole rings is 1. The maximum absolute atomic E-state index is 16.0. The third-order valence-corrected chi connectivity index (χ3v) is 13.1. The molecule has 4 aromatic carbocycles. The van der Waals surface area contributed by atoms with Crippen LogP contribution in [0.2, 0.25) is 0 Å². The molecule has 7 rings (SSSR count). The molecule has 0 fully saturated rings. The molecular formula is C44H52FN2O2+. The van der Waals surface area contributed by atoms with Gasteiger partial charge in [-0.3, -0.25) is 0 Å². The molecule has 4 nitrogen and oxygen atoms in total. The van der Waals surface area contributed by atoms with Gasteiger partial charge < -0.3 is 9.47 Å². The summed E-state index contributed by atoms with van der Waals surface area (Å²) in [4.78, 5) is 0. The lowest BCUT2D eigenvalue weighted by Crippen LogP contribution is -2.49. The summed E-state index contributed by atoms with van der Waals surface area (Å²) in [6, 6.07) is 16.3. The van der Waals surface area contributed by atoms with Crippen molar-refractivity contribution in [3.63, 3.8) is 0 Å². The molecule has 0 saturated carbocycles. The third kappa shape index (κ3) is 4.79. The molecule has 1 aliphatic rings. The van der Waals surface area contributed by atoms with Gasteiger partial charge in [0.15, 0.2) is 0 Å². The lowest BCUT2D eigenvalue weighted by molar-refractivity contribution is -0.692. The number of nitrogens with zero attached hydrogens (tertiary/aromatic N) is 2. The van der Waals surface area contributed by atoms with E-state index in [-0.39, 0.29) is 34.7 Å². The topological polar surface area (TPSA) is 26.8 Å². The number of hydrogen-bond donors (Lipinski definition) is 0. The van der Waals surface area contributed by atoms with Gasteiger partial charge in [-0.1, -0.05) is 96.5 Å². The predicted octanol–water partition coefficient (Wildman–Crippen LogP) is 10.9. The molecular weight excluding hydrogens is 607 g/mol. The number of hydrogen-bond acceptors (Lipinski definition) is 2. The second kappa shape index (κ2) is 12.2. The molecule has 6 aromatic rings. The maximum atomic E-state index is 16.0. The minimum Gasteiger partial charge on any atom is -0.382 e. The van der Waals surface area contributed by atoms with Gasteiger partial charge in [-0.05, 0) is 77.1 Å². The van der Waals surface area contributed by atoms with E-state index in [0.717, 1.165) is 45.6 Å². The lowest BCUT2D eigenvalue weighted by Gasteiger charge is -2.48. The Morgan fingerprint density at radius 2 is 1.67 bits per heavy atom. The smallest absolute Gasteiger partial charge is 0.295 e. The van der Waals surface area contributed by atoms with Crippen LogP contribution in [0.4, 0.5) is 4.39 Å². The van der Waals surface area contributed by atoms with Gasteiger partial charge in [-0.15, -0.1) is 0 Å². The number of methoxy groups -OCH3 is 1. The fraction of sp³-hybridized carbons (Fsp3) is 0.432. The maximum Gasteiger partial charge on any atom is 0.295 e. The lowest BCUT2D eigenvalue weighted by atomic mass is 9.58. The first-order chi connectivity index (χ1) is 23.4. The first kappa shape index (κ1) is 33.7. The fourth-order valence-corrected chi connectivity index (χ4v) is 9.33. The van der Waals surface area contributed by atoms with Crippen LogP contribution in [-0.2, 0) is 9.47 Å². The molecule has 5 heteroatoms. The van der Waals surface area contributed by atoms with Crippen molar-refractivity contribution >= 4 is 48.9 Å². The van der Waals surface area contributed by atoms with Crippen LogP contribution in [0.3, 0.4) is 0 Å². The predicted molar refractivity (Wildman–Crippen MR) is 202 cm³/mol. The summed E-state index contributed by atoms with van der Waals surface area (Å²) in [6.45, 7) is 24.1. The number of pyridine rings is 1.